The lowest BCUT2D eigenvalue weighted by Gasteiger charge is -2.49. The van der Waals surface area contributed by atoms with Gasteiger partial charge in [-0.15, -0.1) is 23.1 Å². The molecule has 3 rings (SSSR count). The van der Waals surface area contributed by atoms with Crippen LogP contribution in [-0.4, -0.2) is 107 Å². The van der Waals surface area contributed by atoms with Gasteiger partial charge in [0, 0.05) is 30.8 Å². The minimum absolute atomic E-state index is 0.0163. The summed E-state index contributed by atoms with van der Waals surface area (Å²) in [6.45, 7) is 2.08. The zero-order chi connectivity index (χ0) is 28.9. The Labute approximate surface area is 230 Å². The van der Waals surface area contributed by atoms with Crippen molar-refractivity contribution in [3.63, 3.8) is 0 Å². The number of nitrogen functional groups attached to an aromatic ring is 1. The van der Waals surface area contributed by atoms with Gasteiger partial charge in [-0.25, -0.2) is 19.4 Å². The molecule has 0 spiro atoms. The second-order valence-electron chi connectivity index (χ2n) is 8.39. The van der Waals surface area contributed by atoms with Crippen molar-refractivity contribution in [2.45, 2.75) is 31.4 Å². The number of carbonyl (C=O) groups is 5. The first-order valence-electron chi connectivity index (χ1n) is 11.2. The average Bonchev–Trinajstić information content (AvgIpc) is 3.30. The number of fused-ring (bicyclic) bond motifs is 1. The summed E-state index contributed by atoms with van der Waals surface area (Å²) < 4.78 is 19.7. The Hall–Kier alpha value is -4.06. The molecule has 0 aliphatic carbocycles. The molecule has 2 atom stereocenters. The highest BCUT2D eigenvalue weighted by Crippen LogP contribution is 2.40. The normalized spacial score (nSPS) is 18.6. The van der Waals surface area contributed by atoms with E-state index in [2.05, 4.69) is 15.5 Å². The Bertz CT molecular complexity index is 1210. The lowest BCUT2D eigenvalue weighted by atomic mass is 10.0. The molecular weight excluding hydrogens is 560 g/mol. The first kappa shape index (κ1) is 29.5. The Morgan fingerprint density at radius 3 is 2.59 bits per heavy atom. The molecule has 0 saturated carbocycles. The van der Waals surface area contributed by atoms with E-state index >= 15 is 0 Å². The van der Waals surface area contributed by atoms with Crippen LogP contribution < -0.4 is 11.1 Å². The smallest absolute Gasteiger partial charge is 0.445 e. The number of oxime groups is 1. The lowest BCUT2D eigenvalue weighted by molar-refractivity contribution is -0.158. The maximum Gasteiger partial charge on any atom is 0.511 e. The van der Waals surface area contributed by atoms with Crippen LogP contribution in [-0.2, 0) is 33.3 Å². The maximum atomic E-state index is 13.1. The Morgan fingerprint density at radius 2 is 2.00 bits per heavy atom. The Kier molecular flexibility index (Phi) is 9.57. The third-order valence-corrected chi connectivity index (χ3v) is 7.05. The molecule has 0 aromatic carbocycles. The van der Waals surface area contributed by atoms with Crippen molar-refractivity contribution in [3.8, 4) is 0 Å². The van der Waals surface area contributed by atoms with Crippen molar-refractivity contribution in [2.24, 2.45) is 5.16 Å². The number of esters is 1. The van der Waals surface area contributed by atoms with E-state index < -0.39 is 60.1 Å². The minimum atomic E-state index is -1.10. The zero-order valence-corrected chi connectivity index (χ0v) is 22.9. The predicted octanol–water partition coefficient (Wildman–Crippen LogP) is 0.318. The van der Waals surface area contributed by atoms with Gasteiger partial charge in [-0.3, -0.25) is 14.5 Å². The molecule has 1 fully saturated rings. The molecule has 212 valence electrons. The molecule has 0 bridgehead atoms. The van der Waals surface area contributed by atoms with Gasteiger partial charge >= 0.3 is 18.2 Å². The number of amides is 3. The van der Waals surface area contributed by atoms with Crippen LogP contribution in [0.2, 0.25) is 0 Å². The summed E-state index contributed by atoms with van der Waals surface area (Å²) >= 11 is 2.22. The monoisotopic (exact) mass is 586 g/mol. The number of hydrogen-bond donors (Lipinski definition) is 3. The fourth-order valence-electron chi connectivity index (χ4n) is 3.31. The lowest BCUT2D eigenvalue weighted by Crippen LogP contribution is -2.71. The molecule has 39 heavy (non-hydrogen) atoms. The van der Waals surface area contributed by atoms with Crippen LogP contribution in [0.4, 0.5) is 14.7 Å². The van der Waals surface area contributed by atoms with E-state index in [1.54, 1.807) is 13.8 Å². The van der Waals surface area contributed by atoms with Gasteiger partial charge in [0.1, 0.15) is 29.4 Å². The molecule has 3 heterocycles. The van der Waals surface area contributed by atoms with Gasteiger partial charge < -0.3 is 40.1 Å². The van der Waals surface area contributed by atoms with Gasteiger partial charge in [-0.1, -0.05) is 5.16 Å². The molecule has 0 radical (unpaired) electrons. The molecule has 16 nitrogen and oxygen atoms in total. The van der Waals surface area contributed by atoms with Crippen LogP contribution in [0.25, 0.3) is 0 Å². The third-order valence-electron chi connectivity index (χ3n) is 5.04. The molecule has 18 heteroatoms. The minimum Gasteiger partial charge on any atom is -0.445 e. The van der Waals surface area contributed by atoms with Gasteiger partial charge in [0.05, 0.1) is 6.10 Å². The summed E-state index contributed by atoms with van der Waals surface area (Å²) in [5.74, 6) is -2.47. The van der Waals surface area contributed by atoms with Crippen LogP contribution in [0.1, 0.15) is 19.5 Å². The quantitative estimate of drug-likeness (QED) is 0.0677. The summed E-state index contributed by atoms with van der Waals surface area (Å²) in [6.07, 6.45) is -2.20. The molecular formula is C21H26N6O10S2. The number of ether oxygens (including phenoxy) is 4. The third kappa shape index (κ3) is 6.88. The zero-order valence-electron chi connectivity index (χ0n) is 21.2. The van der Waals surface area contributed by atoms with Gasteiger partial charge in [-0.2, -0.15) is 0 Å². The second-order valence-corrected chi connectivity index (χ2v) is 10.4. The number of anilines is 1. The van der Waals surface area contributed by atoms with Crippen LogP contribution in [0.3, 0.4) is 0 Å². The van der Waals surface area contributed by atoms with Crippen LogP contribution in [0, 0.1) is 0 Å². The van der Waals surface area contributed by atoms with Crippen molar-refractivity contribution in [2.75, 3.05) is 39.0 Å². The molecule has 1 unspecified atom stereocenters. The first-order valence-corrected chi connectivity index (χ1v) is 13.1. The van der Waals surface area contributed by atoms with E-state index in [0.717, 1.165) is 16.2 Å². The first-order chi connectivity index (χ1) is 18.4. The number of aromatic nitrogens is 1. The summed E-state index contributed by atoms with van der Waals surface area (Å²) in [6, 6.07) is -1.10. The van der Waals surface area contributed by atoms with Crippen molar-refractivity contribution in [1.82, 2.24) is 20.1 Å². The molecule has 2 aliphatic heterocycles. The fraction of sp³-hybridized carbons (Fsp3) is 0.476. The van der Waals surface area contributed by atoms with E-state index in [-0.39, 0.29) is 34.5 Å². The molecule has 1 aromatic heterocycles. The summed E-state index contributed by atoms with van der Waals surface area (Å²) in [5, 5.41) is 15.6. The largest absolute Gasteiger partial charge is 0.511 e. The van der Waals surface area contributed by atoms with Crippen molar-refractivity contribution < 1.29 is 48.1 Å². The highest BCUT2D eigenvalue weighted by atomic mass is 32.2. The standard InChI is InChI=1S/C21H26N6O10S2/c1-9(2)37-21(32)36-8-35-18(30)14-10(5-34-20(31)26(3)4)6-38-17-13(16(29)27(14)17)24-15(28)12(25-33)11-7-39-19(22)23-11/h7,9,13,17,33H,5-6,8H2,1-4H3,(H2,22,23)(H,24,28)/b25-12-/t13?,17-/m0/s1. The second kappa shape index (κ2) is 12.7. The maximum absolute atomic E-state index is 13.1. The molecule has 1 aromatic rings. The number of nitrogens with zero attached hydrogens (tertiary/aromatic N) is 4. The van der Waals surface area contributed by atoms with Gasteiger partial charge in [-0.05, 0) is 13.8 Å². The molecule has 4 N–H and O–H groups in total. The highest BCUT2D eigenvalue weighted by Gasteiger charge is 2.55. The van der Waals surface area contributed by atoms with Crippen LogP contribution in [0.5, 0.6) is 0 Å². The summed E-state index contributed by atoms with van der Waals surface area (Å²) in [7, 11) is 2.95. The molecule has 2 aliphatic rings. The highest BCUT2D eigenvalue weighted by molar-refractivity contribution is 8.00. The van der Waals surface area contributed by atoms with Crippen molar-refractivity contribution in [3.05, 3.63) is 22.3 Å². The number of β-lactam (4-membered cyclic amide) rings is 1. The van der Waals surface area contributed by atoms with Crippen LogP contribution >= 0.6 is 23.1 Å². The topological polar surface area (TPSA) is 212 Å². The number of thiazole rings is 1. The Balaban J connectivity index is 1.75. The van der Waals surface area contributed by atoms with E-state index in [4.69, 9.17) is 24.7 Å². The Morgan fingerprint density at radius 1 is 1.28 bits per heavy atom. The number of rotatable bonds is 9. The number of nitrogens with one attached hydrogen (secondary N) is 1. The van der Waals surface area contributed by atoms with E-state index in [0.29, 0.717) is 0 Å². The number of nitrogens with two attached hydrogens (primary N) is 1. The van der Waals surface area contributed by atoms with Crippen LogP contribution in [0.15, 0.2) is 21.8 Å². The van der Waals surface area contributed by atoms with Gasteiger partial charge in [0.2, 0.25) is 6.79 Å². The van der Waals surface area contributed by atoms with Gasteiger partial charge in [0.15, 0.2) is 10.8 Å². The van der Waals surface area contributed by atoms with E-state index in [9.17, 15) is 29.2 Å². The SMILES string of the molecule is CC(C)OC(=O)OCOC(=O)C1=C(COC(=O)N(C)C)CS[C@H]2C(NC(=O)/C(=N\O)c3csc(N)n3)C(=O)N12. The number of carbonyl (C=O) groups excluding carboxylic acids is 5. The number of thioether (sulfide) groups is 1. The average molecular weight is 587 g/mol. The number of hydrogen-bond acceptors (Lipinski definition) is 15. The fourth-order valence-corrected chi connectivity index (χ4v) is 5.18. The molecule has 3 amide bonds. The summed E-state index contributed by atoms with van der Waals surface area (Å²) in [5.41, 5.74) is 5.17. The van der Waals surface area contributed by atoms with E-state index in [1.807, 2.05) is 0 Å². The molecule has 1 saturated heterocycles. The van der Waals surface area contributed by atoms with Gasteiger partial charge in [0.25, 0.3) is 11.8 Å². The predicted molar refractivity (Wildman–Crippen MR) is 136 cm³/mol. The summed E-state index contributed by atoms with van der Waals surface area (Å²) in [4.78, 5) is 68.4. The van der Waals surface area contributed by atoms with Crippen molar-refractivity contribution >= 4 is 64.0 Å². The van der Waals surface area contributed by atoms with Crippen molar-refractivity contribution in [1.29, 1.82) is 0 Å². The van der Waals surface area contributed by atoms with E-state index in [1.165, 1.54) is 36.1 Å².